The first-order chi connectivity index (χ1) is 20.0. The van der Waals surface area contributed by atoms with E-state index in [2.05, 4.69) is 20.9 Å². The highest BCUT2D eigenvalue weighted by molar-refractivity contribution is 9.10. The predicted molar refractivity (Wildman–Crippen MR) is 157 cm³/mol. The molecule has 0 spiro atoms. The topological polar surface area (TPSA) is 69.9 Å². The van der Waals surface area contributed by atoms with Crippen LogP contribution in [0.1, 0.15) is 29.7 Å². The SMILES string of the molecule is CCOC(=O)C1=C(C(F)(F)F)N=c2s/c(=C\c3cccc(OCc4ccc(Br)cc4)c3)c(=O)n2[C@@H]1c1ccc(Cl)cc1. The van der Waals surface area contributed by atoms with Gasteiger partial charge in [0.1, 0.15) is 12.4 Å². The average molecular weight is 678 g/mol. The summed E-state index contributed by atoms with van der Waals surface area (Å²) < 4.78 is 55.9. The summed E-state index contributed by atoms with van der Waals surface area (Å²) in [4.78, 5) is 30.2. The van der Waals surface area contributed by atoms with Gasteiger partial charge >= 0.3 is 12.1 Å². The summed E-state index contributed by atoms with van der Waals surface area (Å²) in [6.07, 6.45) is -3.43. The van der Waals surface area contributed by atoms with Crippen LogP contribution in [-0.4, -0.2) is 23.3 Å². The maximum Gasteiger partial charge on any atom is 0.434 e. The molecule has 3 aromatic carbocycles. The van der Waals surface area contributed by atoms with Gasteiger partial charge in [-0.2, -0.15) is 13.2 Å². The van der Waals surface area contributed by atoms with E-state index in [0.717, 1.165) is 25.9 Å². The number of rotatable bonds is 7. The molecule has 0 radical (unpaired) electrons. The number of alkyl halides is 3. The van der Waals surface area contributed by atoms with Crippen LogP contribution in [0.5, 0.6) is 5.75 Å². The highest BCUT2D eigenvalue weighted by Crippen LogP contribution is 2.38. The van der Waals surface area contributed by atoms with Gasteiger partial charge in [0.05, 0.1) is 22.8 Å². The highest BCUT2D eigenvalue weighted by Gasteiger charge is 2.45. The van der Waals surface area contributed by atoms with Crippen LogP contribution in [0.15, 0.2) is 98.3 Å². The third-order valence-corrected chi connectivity index (χ3v) is 8.02. The molecular formula is C30H21BrClF3N2O4S. The minimum absolute atomic E-state index is 0.129. The Morgan fingerprint density at radius 1 is 1.12 bits per heavy atom. The Kier molecular flexibility index (Phi) is 8.72. The second-order valence-electron chi connectivity index (χ2n) is 9.10. The Hall–Kier alpha value is -3.67. The first-order valence-electron chi connectivity index (χ1n) is 12.6. The van der Waals surface area contributed by atoms with E-state index in [9.17, 15) is 22.8 Å². The fraction of sp³-hybridized carbons (Fsp3) is 0.167. The number of allylic oxidation sites excluding steroid dienone is 1. The third kappa shape index (κ3) is 6.38. The van der Waals surface area contributed by atoms with Crippen molar-refractivity contribution in [1.29, 1.82) is 0 Å². The second-order valence-corrected chi connectivity index (χ2v) is 11.5. The van der Waals surface area contributed by atoms with Gasteiger partial charge in [-0.3, -0.25) is 9.36 Å². The van der Waals surface area contributed by atoms with Crippen LogP contribution in [-0.2, 0) is 16.1 Å². The molecule has 0 saturated heterocycles. The average Bonchev–Trinajstić information content (AvgIpc) is 3.26. The van der Waals surface area contributed by atoms with Gasteiger partial charge in [-0.1, -0.05) is 75.3 Å². The van der Waals surface area contributed by atoms with E-state index in [0.29, 0.717) is 22.9 Å². The van der Waals surface area contributed by atoms with E-state index in [-0.39, 0.29) is 21.5 Å². The molecule has 0 N–H and O–H groups in total. The van der Waals surface area contributed by atoms with Crippen molar-refractivity contribution in [3.8, 4) is 5.75 Å². The molecule has 0 unspecified atom stereocenters. The Balaban J connectivity index is 1.61. The number of halogens is 5. The number of esters is 1. The minimum Gasteiger partial charge on any atom is -0.489 e. The normalized spacial score (nSPS) is 15.3. The van der Waals surface area contributed by atoms with Crippen molar-refractivity contribution in [2.75, 3.05) is 6.61 Å². The molecule has 6 nitrogen and oxygen atoms in total. The number of carbonyl (C=O) groups excluding carboxylic acids is 1. The lowest BCUT2D eigenvalue weighted by atomic mass is 9.95. The molecule has 0 saturated carbocycles. The van der Waals surface area contributed by atoms with Gasteiger partial charge in [-0.05, 0) is 66.1 Å². The smallest absolute Gasteiger partial charge is 0.434 e. The van der Waals surface area contributed by atoms with Gasteiger partial charge in [0.2, 0.25) is 0 Å². The van der Waals surface area contributed by atoms with E-state index in [1.165, 1.54) is 31.2 Å². The molecule has 42 heavy (non-hydrogen) atoms. The first-order valence-corrected chi connectivity index (χ1v) is 14.6. The van der Waals surface area contributed by atoms with Crippen molar-refractivity contribution in [1.82, 2.24) is 4.57 Å². The van der Waals surface area contributed by atoms with Crippen LogP contribution in [0.2, 0.25) is 5.02 Å². The highest BCUT2D eigenvalue weighted by atomic mass is 79.9. The van der Waals surface area contributed by atoms with Gasteiger partial charge in [0.15, 0.2) is 10.5 Å². The van der Waals surface area contributed by atoms with Gasteiger partial charge in [-0.25, -0.2) is 9.79 Å². The number of hydrogen-bond donors (Lipinski definition) is 0. The van der Waals surface area contributed by atoms with Crippen LogP contribution in [0, 0.1) is 0 Å². The summed E-state index contributed by atoms with van der Waals surface area (Å²) in [6, 6.07) is 19.1. The quantitative estimate of drug-likeness (QED) is 0.214. The van der Waals surface area contributed by atoms with Crippen LogP contribution < -0.4 is 19.6 Å². The molecule has 0 fully saturated rings. The lowest BCUT2D eigenvalue weighted by Crippen LogP contribution is -2.41. The number of thiazole rings is 1. The molecule has 1 aliphatic heterocycles. The van der Waals surface area contributed by atoms with Gasteiger partial charge < -0.3 is 9.47 Å². The zero-order chi connectivity index (χ0) is 30.0. The van der Waals surface area contributed by atoms with Crippen molar-refractivity contribution in [2.24, 2.45) is 4.99 Å². The zero-order valence-corrected chi connectivity index (χ0v) is 25.0. The van der Waals surface area contributed by atoms with Crippen LogP contribution in [0.3, 0.4) is 0 Å². The number of benzene rings is 3. The van der Waals surface area contributed by atoms with E-state index >= 15 is 0 Å². The van der Waals surface area contributed by atoms with Crippen molar-refractivity contribution in [2.45, 2.75) is 25.7 Å². The summed E-state index contributed by atoms with van der Waals surface area (Å²) in [6.45, 7) is 1.64. The Morgan fingerprint density at radius 2 is 1.83 bits per heavy atom. The number of hydrogen-bond acceptors (Lipinski definition) is 6. The summed E-state index contributed by atoms with van der Waals surface area (Å²) in [7, 11) is 0. The van der Waals surface area contributed by atoms with E-state index < -0.39 is 35.0 Å². The number of nitrogens with zero attached hydrogens (tertiary/aromatic N) is 2. The Labute approximate surface area is 255 Å². The number of carbonyl (C=O) groups is 1. The van der Waals surface area contributed by atoms with E-state index in [4.69, 9.17) is 21.1 Å². The number of fused-ring (bicyclic) bond motifs is 1. The Bertz CT molecular complexity index is 1850. The van der Waals surface area contributed by atoms with Crippen LogP contribution in [0.4, 0.5) is 13.2 Å². The molecule has 0 aliphatic carbocycles. The minimum atomic E-state index is -4.98. The van der Waals surface area contributed by atoms with Gasteiger partial charge in [0, 0.05) is 9.50 Å². The molecular weight excluding hydrogens is 657 g/mol. The standard InChI is InChI=1S/C30H21BrClF3N2O4S/c1-2-40-28(39)24-25(19-8-12-21(32)13-9-19)37-27(38)23(42-29(37)36-26(24)30(33,34)35)15-18-4-3-5-22(14-18)41-16-17-6-10-20(31)11-7-17/h3-15,25H,2,16H2,1H3/b23-15-/t25-/m1/s1. The lowest BCUT2D eigenvalue weighted by Gasteiger charge is -2.26. The van der Waals surface area contributed by atoms with Crippen molar-refractivity contribution >= 4 is 50.9 Å². The summed E-state index contributed by atoms with van der Waals surface area (Å²) in [5.74, 6) is -0.666. The van der Waals surface area contributed by atoms with E-state index in [1.54, 1.807) is 30.3 Å². The third-order valence-electron chi connectivity index (χ3n) is 6.26. The molecule has 5 rings (SSSR count). The van der Waals surface area contributed by atoms with Crippen LogP contribution >= 0.6 is 38.9 Å². The van der Waals surface area contributed by atoms with Crippen molar-refractivity contribution < 1.29 is 27.4 Å². The first kappa shape index (κ1) is 29.8. The maximum atomic E-state index is 14.3. The largest absolute Gasteiger partial charge is 0.489 e. The zero-order valence-electron chi connectivity index (χ0n) is 21.8. The molecule has 1 aromatic heterocycles. The molecule has 0 bridgehead atoms. The molecule has 0 amide bonds. The van der Waals surface area contributed by atoms with E-state index in [1.807, 2.05) is 24.3 Å². The predicted octanol–water partition coefficient (Wildman–Crippen LogP) is 6.34. The second kappa shape index (κ2) is 12.3. The molecule has 12 heteroatoms. The molecule has 2 heterocycles. The van der Waals surface area contributed by atoms with Crippen LogP contribution in [0.25, 0.3) is 6.08 Å². The molecule has 4 aromatic rings. The maximum absolute atomic E-state index is 14.3. The summed E-state index contributed by atoms with van der Waals surface area (Å²) in [5, 5.41) is 0.339. The summed E-state index contributed by atoms with van der Waals surface area (Å²) >= 11 is 10.2. The monoisotopic (exact) mass is 676 g/mol. The van der Waals surface area contributed by atoms with Gasteiger partial charge in [-0.15, -0.1) is 0 Å². The van der Waals surface area contributed by atoms with Gasteiger partial charge in [0.25, 0.3) is 5.56 Å². The number of aromatic nitrogens is 1. The fourth-order valence-corrected chi connectivity index (χ4v) is 5.78. The molecule has 216 valence electrons. The number of ether oxygens (including phenoxy) is 2. The Morgan fingerprint density at radius 3 is 2.50 bits per heavy atom. The molecule has 1 aliphatic rings. The summed E-state index contributed by atoms with van der Waals surface area (Å²) in [5.41, 5.74) is -0.988. The van der Waals surface area contributed by atoms with Crippen molar-refractivity contribution in [3.05, 3.63) is 130 Å². The van der Waals surface area contributed by atoms with Crippen molar-refractivity contribution in [3.63, 3.8) is 0 Å². The lowest BCUT2D eigenvalue weighted by molar-refractivity contribution is -0.140. The molecule has 1 atom stereocenters. The fourth-order valence-electron chi connectivity index (χ4n) is 4.39.